The van der Waals surface area contributed by atoms with E-state index in [4.69, 9.17) is 4.74 Å². The van der Waals surface area contributed by atoms with Gasteiger partial charge in [0, 0.05) is 12.7 Å². The molecule has 0 unspecified atom stereocenters. The van der Waals surface area contributed by atoms with Gasteiger partial charge in [0.1, 0.15) is 11.3 Å². The summed E-state index contributed by atoms with van der Waals surface area (Å²) in [6.45, 7) is 0.363. The maximum Gasteiger partial charge on any atom is 0.277 e. The van der Waals surface area contributed by atoms with Gasteiger partial charge in [0.25, 0.3) is 11.5 Å². The molecule has 24 heavy (non-hydrogen) atoms. The Morgan fingerprint density at radius 2 is 2.08 bits per heavy atom. The first-order valence-corrected chi connectivity index (χ1v) is 7.36. The maximum atomic E-state index is 12.2. The molecule has 3 rings (SSSR count). The highest BCUT2D eigenvalue weighted by atomic mass is 16.5. The van der Waals surface area contributed by atoms with Crippen LogP contribution in [-0.2, 0) is 11.3 Å². The SMILES string of the molecule is O=C(COc1cccnc1)NCCn1nnc2ccccc2c1=O. The van der Waals surface area contributed by atoms with Crippen molar-refractivity contribution in [1.82, 2.24) is 25.3 Å². The average molecular weight is 325 g/mol. The van der Waals surface area contributed by atoms with Gasteiger partial charge < -0.3 is 10.1 Å². The van der Waals surface area contributed by atoms with Crippen LogP contribution in [0.3, 0.4) is 0 Å². The summed E-state index contributed by atoms with van der Waals surface area (Å²) >= 11 is 0. The minimum atomic E-state index is -0.291. The molecule has 2 heterocycles. The molecule has 1 amide bonds. The average Bonchev–Trinajstić information content (AvgIpc) is 2.63. The van der Waals surface area contributed by atoms with Gasteiger partial charge in [-0.25, -0.2) is 4.68 Å². The van der Waals surface area contributed by atoms with Crippen LogP contribution in [0.4, 0.5) is 0 Å². The van der Waals surface area contributed by atoms with Crippen LogP contribution in [0.5, 0.6) is 5.75 Å². The molecule has 0 spiro atoms. The maximum absolute atomic E-state index is 12.2. The smallest absolute Gasteiger partial charge is 0.277 e. The van der Waals surface area contributed by atoms with Crippen molar-refractivity contribution in [2.45, 2.75) is 6.54 Å². The second kappa shape index (κ2) is 7.32. The van der Waals surface area contributed by atoms with Gasteiger partial charge in [-0.1, -0.05) is 17.3 Å². The Balaban J connectivity index is 1.52. The minimum absolute atomic E-state index is 0.121. The lowest BCUT2D eigenvalue weighted by Crippen LogP contribution is -2.34. The Morgan fingerprint density at radius 1 is 1.21 bits per heavy atom. The minimum Gasteiger partial charge on any atom is -0.482 e. The van der Waals surface area contributed by atoms with Gasteiger partial charge in [0.2, 0.25) is 0 Å². The van der Waals surface area contributed by atoms with E-state index >= 15 is 0 Å². The van der Waals surface area contributed by atoms with Crippen molar-refractivity contribution < 1.29 is 9.53 Å². The summed E-state index contributed by atoms with van der Waals surface area (Å²) in [5.74, 6) is 0.227. The molecule has 0 aliphatic rings. The summed E-state index contributed by atoms with van der Waals surface area (Å²) < 4.78 is 6.51. The van der Waals surface area contributed by atoms with Gasteiger partial charge in [0.15, 0.2) is 6.61 Å². The summed E-state index contributed by atoms with van der Waals surface area (Å²) in [4.78, 5) is 27.8. The molecule has 1 N–H and O–H groups in total. The molecule has 2 aromatic heterocycles. The second-order valence-electron chi connectivity index (χ2n) is 4.96. The topological polar surface area (TPSA) is 99.0 Å². The normalized spacial score (nSPS) is 10.5. The molecule has 0 saturated heterocycles. The number of aromatic nitrogens is 4. The van der Waals surface area contributed by atoms with E-state index in [0.29, 0.717) is 16.7 Å². The first-order valence-electron chi connectivity index (χ1n) is 7.36. The van der Waals surface area contributed by atoms with Crippen LogP contribution < -0.4 is 15.6 Å². The zero-order valence-corrected chi connectivity index (χ0v) is 12.8. The van der Waals surface area contributed by atoms with Gasteiger partial charge in [-0.05, 0) is 24.3 Å². The van der Waals surface area contributed by atoms with Crippen molar-refractivity contribution in [2.75, 3.05) is 13.2 Å². The van der Waals surface area contributed by atoms with Gasteiger partial charge in [0.05, 0.1) is 18.1 Å². The lowest BCUT2D eigenvalue weighted by molar-refractivity contribution is -0.123. The van der Waals surface area contributed by atoms with Crippen molar-refractivity contribution in [1.29, 1.82) is 0 Å². The number of hydrogen-bond donors (Lipinski definition) is 1. The largest absolute Gasteiger partial charge is 0.482 e. The van der Waals surface area contributed by atoms with Crippen LogP contribution >= 0.6 is 0 Å². The predicted octanol–water partition coefficient (Wildman–Crippen LogP) is 0.382. The number of hydrogen-bond acceptors (Lipinski definition) is 6. The van der Waals surface area contributed by atoms with Crippen LogP contribution in [0.15, 0.2) is 53.6 Å². The van der Waals surface area contributed by atoms with E-state index < -0.39 is 0 Å². The summed E-state index contributed by atoms with van der Waals surface area (Å²) in [7, 11) is 0. The van der Waals surface area contributed by atoms with Gasteiger partial charge in [-0.3, -0.25) is 14.6 Å². The van der Waals surface area contributed by atoms with Crippen molar-refractivity contribution in [2.24, 2.45) is 0 Å². The lowest BCUT2D eigenvalue weighted by Gasteiger charge is -2.08. The standard InChI is InChI=1S/C16H15N5O3/c22-15(11-24-12-4-3-7-17-10-12)18-8-9-21-16(23)13-5-1-2-6-14(13)19-20-21/h1-7,10H,8-9,11H2,(H,18,22). The summed E-state index contributed by atoms with van der Waals surface area (Å²) in [6, 6.07) is 10.4. The van der Waals surface area contributed by atoms with E-state index in [1.165, 1.54) is 10.9 Å². The number of pyridine rings is 1. The monoisotopic (exact) mass is 325 g/mol. The molecule has 3 aromatic rings. The highest BCUT2D eigenvalue weighted by molar-refractivity contribution is 5.77. The quantitative estimate of drug-likeness (QED) is 0.703. The molecule has 1 aromatic carbocycles. The van der Waals surface area contributed by atoms with E-state index in [2.05, 4.69) is 20.6 Å². The molecule has 0 saturated carbocycles. The molecule has 8 heteroatoms. The third-order valence-corrected chi connectivity index (χ3v) is 3.28. The van der Waals surface area contributed by atoms with Gasteiger partial charge in [-0.2, -0.15) is 0 Å². The number of nitrogens with zero attached hydrogens (tertiary/aromatic N) is 4. The Kier molecular flexibility index (Phi) is 4.76. The van der Waals surface area contributed by atoms with E-state index in [0.717, 1.165) is 0 Å². The molecule has 0 aliphatic heterocycles. The summed E-state index contributed by atoms with van der Waals surface area (Å²) in [5.41, 5.74) is 0.314. The van der Waals surface area contributed by atoms with E-state index in [1.807, 2.05) is 0 Å². The third-order valence-electron chi connectivity index (χ3n) is 3.28. The Morgan fingerprint density at radius 3 is 2.92 bits per heavy atom. The van der Waals surface area contributed by atoms with Crippen molar-refractivity contribution in [3.63, 3.8) is 0 Å². The molecular formula is C16H15N5O3. The number of benzene rings is 1. The summed E-state index contributed by atoms with van der Waals surface area (Å²) in [5, 5.41) is 11.0. The molecule has 8 nitrogen and oxygen atoms in total. The Labute approximate surface area is 137 Å². The molecule has 0 radical (unpaired) electrons. The second-order valence-corrected chi connectivity index (χ2v) is 4.96. The first-order chi connectivity index (χ1) is 11.7. The first kappa shape index (κ1) is 15.6. The lowest BCUT2D eigenvalue weighted by atomic mass is 10.2. The summed E-state index contributed by atoms with van der Waals surface area (Å²) in [6.07, 6.45) is 3.15. The number of amides is 1. The van der Waals surface area contributed by atoms with Crippen LogP contribution in [0.2, 0.25) is 0 Å². The van der Waals surface area contributed by atoms with Gasteiger partial charge in [-0.15, -0.1) is 5.10 Å². The molecule has 122 valence electrons. The highest BCUT2D eigenvalue weighted by Gasteiger charge is 2.06. The molecule has 0 atom stereocenters. The van der Waals surface area contributed by atoms with Crippen LogP contribution in [0, 0.1) is 0 Å². The Bertz CT molecular complexity index is 895. The molecule has 0 aliphatic carbocycles. The fraction of sp³-hybridized carbons (Fsp3) is 0.188. The van der Waals surface area contributed by atoms with Crippen LogP contribution in [-0.4, -0.2) is 39.0 Å². The van der Waals surface area contributed by atoms with Crippen LogP contribution in [0.25, 0.3) is 10.9 Å². The van der Waals surface area contributed by atoms with Crippen LogP contribution in [0.1, 0.15) is 0 Å². The highest BCUT2D eigenvalue weighted by Crippen LogP contribution is 2.05. The van der Waals surface area contributed by atoms with E-state index in [1.54, 1.807) is 42.6 Å². The van der Waals surface area contributed by atoms with Crippen molar-refractivity contribution in [3.05, 3.63) is 59.1 Å². The number of ether oxygens (including phenoxy) is 1. The van der Waals surface area contributed by atoms with E-state index in [-0.39, 0.29) is 31.2 Å². The fourth-order valence-corrected chi connectivity index (χ4v) is 2.10. The fourth-order valence-electron chi connectivity index (χ4n) is 2.10. The predicted molar refractivity (Wildman–Crippen MR) is 86.5 cm³/mol. The van der Waals surface area contributed by atoms with E-state index in [9.17, 15) is 9.59 Å². The zero-order chi connectivity index (χ0) is 16.8. The molecular weight excluding hydrogens is 310 g/mol. The zero-order valence-electron chi connectivity index (χ0n) is 12.8. The number of carbonyl (C=O) groups is 1. The number of nitrogens with one attached hydrogen (secondary N) is 1. The number of fused-ring (bicyclic) bond motifs is 1. The number of rotatable bonds is 6. The molecule has 0 bridgehead atoms. The Hall–Kier alpha value is -3.29. The van der Waals surface area contributed by atoms with Crippen molar-refractivity contribution >= 4 is 16.8 Å². The molecule has 0 fully saturated rings. The van der Waals surface area contributed by atoms with Crippen molar-refractivity contribution in [3.8, 4) is 5.75 Å². The van der Waals surface area contributed by atoms with Gasteiger partial charge >= 0.3 is 0 Å². The number of carbonyl (C=O) groups excluding carboxylic acids is 1. The third kappa shape index (κ3) is 3.72.